The summed E-state index contributed by atoms with van der Waals surface area (Å²) in [5.74, 6) is 0. The van der Waals surface area contributed by atoms with Crippen molar-refractivity contribution >= 4 is 39.7 Å². The molecule has 0 radical (unpaired) electrons. The van der Waals surface area contributed by atoms with Gasteiger partial charge in [-0.25, -0.2) is 0 Å². The summed E-state index contributed by atoms with van der Waals surface area (Å²) in [4.78, 5) is 0.311. The van der Waals surface area contributed by atoms with Crippen LogP contribution in [0.4, 0.5) is 0 Å². The Hall–Kier alpha value is -0.500. The number of halogens is 2. The summed E-state index contributed by atoms with van der Waals surface area (Å²) in [6.07, 6.45) is 1.32. The molecule has 0 heterocycles. The van der Waals surface area contributed by atoms with E-state index in [1.165, 1.54) is 11.1 Å². The lowest BCUT2D eigenvalue weighted by Crippen LogP contribution is -1.98. The normalized spacial score (nSPS) is 14.6. The van der Waals surface area contributed by atoms with Crippen molar-refractivity contribution in [1.82, 2.24) is 0 Å². The van der Waals surface area contributed by atoms with Crippen LogP contribution in [0.15, 0.2) is 60.7 Å². The molecule has 2 unspecified atom stereocenters. The number of benzene rings is 2. The van der Waals surface area contributed by atoms with E-state index in [0.29, 0.717) is 12.3 Å². The van der Waals surface area contributed by atoms with Gasteiger partial charge in [0, 0.05) is 0 Å². The maximum Gasteiger partial charge on any atom is 0.341 e. The molecule has 2 atom stereocenters. The van der Waals surface area contributed by atoms with Crippen LogP contribution >= 0.6 is 39.7 Å². The van der Waals surface area contributed by atoms with Crippen LogP contribution in [0.1, 0.15) is 20.8 Å². The molecular formula is C16H16Br2OP+. The Bertz CT molecular complexity index is 495. The van der Waals surface area contributed by atoms with Gasteiger partial charge in [0.1, 0.15) is 0 Å². The molecule has 2 rings (SSSR count). The van der Waals surface area contributed by atoms with Gasteiger partial charge < -0.3 is 0 Å². The quantitative estimate of drug-likeness (QED) is 0.413. The minimum atomic E-state index is -1.25. The molecule has 0 saturated carbocycles. The topological polar surface area (TPSA) is 17.1 Å². The highest BCUT2D eigenvalue weighted by Gasteiger charge is 2.26. The van der Waals surface area contributed by atoms with Crippen molar-refractivity contribution in [1.29, 1.82) is 0 Å². The van der Waals surface area contributed by atoms with E-state index >= 15 is 0 Å². The first kappa shape index (κ1) is 15.9. The minimum Gasteiger partial charge on any atom is -0.0792 e. The van der Waals surface area contributed by atoms with Gasteiger partial charge in [0.05, 0.1) is 9.65 Å². The first-order valence-corrected chi connectivity index (χ1v) is 9.93. The molecule has 0 aliphatic carbocycles. The molecule has 2 aromatic rings. The van der Waals surface area contributed by atoms with Crippen molar-refractivity contribution in [2.75, 3.05) is 12.3 Å². The molecule has 0 aromatic heterocycles. The number of rotatable bonds is 6. The van der Waals surface area contributed by atoms with Crippen LogP contribution < -0.4 is 0 Å². The van der Waals surface area contributed by atoms with Gasteiger partial charge in [0.25, 0.3) is 0 Å². The van der Waals surface area contributed by atoms with Crippen molar-refractivity contribution in [3.63, 3.8) is 0 Å². The van der Waals surface area contributed by atoms with Gasteiger partial charge in [-0.2, -0.15) is 0 Å². The van der Waals surface area contributed by atoms with Gasteiger partial charge in [0.2, 0.25) is 0 Å². The first-order chi connectivity index (χ1) is 9.66. The van der Waals surface area contributed by atoms with Crippen LogP contribution in [-0.4, -0.2) is 12.3 Å². The Labute approximate surface area is 137 Å². The van der Waals surface area contributed by atoms with Crippen LogP contribution in [-0.2, 0) is 4.57 Å². The van der Waals surface area contributed by atoms with Crippen LogP contribution in [0.25, 0.3) is 0 Å². The van der Waals surface area contributed by atoms with Gasteiger partial charge in [-0.1, -0.05) is 97.1 Å². The number of hydrogen-bond acceptors (Lipinski definition) is 1. The smallest absolute Gasteiger partial charge is 0.0792 e. The molecular weight excluding hydrogens is 399 g/mol. The van der Waals surface area contributed by atoms with Crippen molar-refractivity contribution in [3.05, 3.63) is 71.8 Å². The van der Waals surface area contributed by atoms with Gasteiger partial charge in [-0.3, -0.25) is 0 Å². The lowest BCUT2D eigenvalue weighted by molar-refractivity contribution is 0.586. The molecule has 0 fully saturated rings. The SMILES string of the molecule is O=[P+](CC(Br)c1ccccc1)CC(Br)c1ccccc1. The van der Waals surface area contributed by atoms with Crippen LogP contribution in [0, 0.1) is 0 Å². The fraction of sp³-hybridized carbons (Fsp3) is 0.250. The molecule has 4 heteroatoms. The fourth-order valence-electron chi connectivity index (χ4n) is 1.97. The second-order valence-corrected chi connectivity index (χ2v) is 8.51. The van der Waals surface area contributed by atoms with Crippen LogP contribution in [0.5, 0.6) is 0 Å². The Balaban J connectivity index is 1.90. The van der Waals surface area contributed by atoms with Crippen molar-refractivity contribution in [3.8, 4) is 0 Å². The van der Waals surface area contributed by atoms with Gasteiger partial charge >= 0.3 is 7.80 Å². The third kappa shape index (κ3) is 4.80. The van der Waals surface area contributed by atoms with E-state index in [1.54, 1.807) is 0 Å². The maximum atomic E-state index is 12.3. The highest BCUT2D eigenvalue weighted by atomic mass is 79.9. The predicted octanol–water partition coefficient (Wildman–Crippen LogP) is 6.09. The lowest BCUT2D eigenvalue weighted by Gasteiger charge is -2.06. The van der Waals surface area contributed by atoms with Crippen LogP contribution in [0.3, 0.4) is 0 Å². The standard InChI is InChI=1S/C16H16Br2OP/c17-15(13-7-3-1-4-8-13)11-20(19)12-16(18)14-9-5-2-6-10-14/h1-10,15-16H,11-12H2/q+1. The molecule has 0 aliphatic rings. The summed E-state index contributed by atoms with van der Waals surface area (Å²) >= 11 is 7.27. The van der Waals surface area contributed by atoms with Gasteiger partial charge in [-0.15, -0.1) is 0 Å². The molecule has 0 saturated heterocycles. The average molecular weight is 415 g/mol. The lowest BCUT2D eigenvalue weighted by atomic mass is 10.2. The molecule has 20 heavy (non-hydrogen) atoms. The second kappa shape index (κ2) is 8.07. The molecule has 0 aliphatic heterocycles. The average Bonchev–Trinajstić information content (AvgIpc) is 2.49. The summed E-state index contributed by atoms with van der Waals surface area (Å²) in [6.45, 7) is 0. The molecule has 1 nitrogen and oxygen atoms in total. The van der Waals surface area contributed by atoms with Crippen LogP contribution in [0.2, 0.25) is 0 Å². The Morgan fingerprint density at radius 1 is 0.750 bits per heavy atom. The highest BCUT2D eigenvalue weighted by Crippen LogP contribution is 2.39. The first-order valence-electron chi connectivity index (χ1n) is 6.47. The molecule has 2 aromatic carbocycles. The summed E-state index contributed by atoms with van der Waals surface area (Å²) in [7, 11) is -1.25. The third-order valence-corrected chi connectivity index (χ3v) is 7.30. The monoisotopic (exact) mass is 413 g/mol. The Morgan fingerprint density at radius 3 is 1.45 bits per heavy atom. The highest BCUT2D eigenvalue weighted by molar-refractivity contribution is 9.09. The molecule has 104 valence electrons. The maximum absolute atomic E-state index is 12.3. The number of hydrogen-bond donors (Lipinski definition) is 0. The predicted molar refractivity (Wildman–Crippen MR) is 93.6 cm³/mol. The third-order valence-electron chi connectivity index (χ3n) is 3.05. The van der Waals surface area contributed by atoms with Crippen molar-refractivity contribution in [2.24, 2.45) is 0 Å². The molecule has 0 bridgehead atoms. The van der Waals surface area contributed by atoms with E-state index in [1.807, 2.05) is 36.4 Å². The van der Waals surface area contributed by atoms with Gasteiger partial charge in [0.15, 0.2) is 12.3 Å². The van der Waals surface area contributed by atoms with E-state index in [0.717, 1.165) is 0 Å². The fourth-order valence-corrected chi connectivity index (χ4v) is 5.80. The Morgan fingerprint density at radius 2 is 1.10 bits per heavy atom. The molecule has 0 spiro atoms. The summed E-state index contributed by atoms with van der Waals surface area (Å²) in [5, 5.41) is 0. The minimum absolute atomic E-state index is 0.155. The zero-order valence-electron chi connectivity index (χ0n) is 11.0. The van der Waals surface area contributed by atoms with E-state index in [-0.39, 0.29) is 9.65 Å². The summed E-state index contributed by atoms with van der Waals surface area (Å²) in [6, 6.07) is 20.3. The molecule has 0 N–H and O–H groups in total. The van der Waals surface area contributed by atoms with Crippen molar-refractivity contribution < 1.29 is 4.57 Å². The second-order valence-electron chi connectivity index (χ2n) is 4.60. The largest absolute Gasteiger partial charge is 0.341 e. The zero-order chi connectivity index (χ0) is 14.4. The van der Waals surface area contributed by atoms with E-state index < -0.39 is 7.80 Å². The summed E-state index contributed by atoms with van der Waals surface area (Å²) in [5.41, 5.74) is 2.36. The van der Waals surface area contributed by atoms with E-state index in [2.05, 4.69) is 56.1 Å². The molecule has 0 amide bonds. The Kier molecular flexibility index (Phi) is 6.41. The van der Waals surface area contributed by atoms with E-state index in [9.17, 15) is 4.57 Å². The summed E-state index contributed by atoms with van der Waals surface area (Å²) < 4.78 is 12.3. The van der Waals surface area contributed by atoms with E-state index in [4.69, 9.17) is 0 Å². The van der Waals surface area contributed by atoms with Crippen molar-refractivity contribution in [2.45, 2.75) is 9.65 Å². The number of alkyl halides is 2. The van der Waals surface area contributed by atoms with Gasteiger partial charge in [-0.05, 0) is 11.1 Å². The zero-order valence-corrected chi connectivity index (χ0v) is 15.0.